The van der Waals surface area contributed by atoms with Crippen LogP contribution in [-0.2, 0) is 0 Å². The van der Waals surface area contributed by atoms with E-state index in [1.807, 2.05) is 54.6 Å². The summed E-state index contributed by atoms with van der Waals surface area (Å²) in [5, 5.41) is 4.16. The van der Waals surface area contributed by atoms with Crippen LogP contribution in [0.1, 0.15) is 11.0 Å². The smallest absolute Gasteiger partial charge is 0.136 e. The van der Waals surface area contributed by atoms with E-state index in [4.69, 9.17) is 12.6 Å². The zero-order chi connectivity index (χ0) is 31.3. The molecule has 37 heavy (non-hydrogen) atoms. The van der Waals surface area contributed by atoms with Crippen molar-refractivity contribution in [2.75, 3.05) is 0 Å². The van der Waals surface area contributed by atoms with Crippen LogP contribution in [0.3, 0.4) is 0 Å². The molecular formula is C36H22O. The lowest BCUT2D eigenvalue weighted by Crippen LogP contribution is -1.91. The van der Waals surface area contributed by atoms with E-state index >= 15 is 0 Å². The highest BCUT2D eigenvalue weighted by Gasteiger charge is 2.20. The molecule has 8 rings (SSSR count). The molecule has 0 aliphatic carbocycles. The lowest BCUT2D eigenvalue weighted by molar-refractivity contribution is 0.669. The lowest BCUT2D eigenvalue weighted by Gasteiger charge is -2.18. The number of rotatable bonds is 2. The van der Waals surface area contributed by atoms with Crippen molar-refractivity contribution in [1.82, 2.24) is 0 Å². The summed E-state index contributed by atoms with van der Waals surface area (Å²) in [5.74, 6) is 0. The van der Waals surface area contributed by atoms with Gasteiger partial charge in [0.15, 0.2) is 0 Å². The van der Waals surface area contributed by atoms with Crippen LogP contribution >= 0.6 is 0 Å². The van der Waals surface area contributed by atoms with Gasteiger partial charge in [0.05, 0.1) is 11.0 Å². The Morgan fingerprint density at radius 3 is 1.81 bits per heavy atom. The highest BCUT2D eigenvalue weighted by atomic mass is 16.3. The minimum absolute atomic E-state index is 0.180. The van der Waals surface area contributed by atoms with Gasteiger partial charge in [0.2, 0.25) is 0 Å². The third kappa shape index (κ3) is 2.92. The molecule has 0 saturated carbocycles. The molecule has 1 nitrogen and oxygen atoms in total. The van der Waals surface area contributed by atoms with Crippen molar-refractivity contribution in [1.29, 1.82) is 0 Å². The summed E-state index contributed by atoms with van der Waals surface area (Å²) in [4.78, 5) is 0. The topological polar surface area (TPSA) is 13.1 Å². The van der Waals surface area contributed by atoms with Crippen LogP contribution < -0.4 is 0 Å². The zero-order valence-electron chi connectivity index (χ0n) is 27.5. The van der Waals surface area contributed by atoms with Gasteiger partial charge in [-0.25, -0.2) is 0 Å². The fraction of sp³-hybridized carbons (Fsp3) is 0. The molecule has 0 unspecified atom stereocenters. The molecule has 7 aromatic carbocycles. The average Bonchev–Trinajstić information content (AvgIpc) is 3.46. The Kier molecular flexibility index (Phi) is 2.96. The molecule has 1 aromatic heterocycles. The van der Waals surface area contributed by atoms with Crippen LogP contribution in [0.5, 0.6) is 0 Å². The van der Waals surface area contributed by atoms with E-state index in [9.17, 15) is 2.74 Å². The Labute approximate surface area is 225 Å². The van der Waals surface area contributed by atoms with E-state index in [-0.39, 0.29) is 45.7 Å². The lowest BCUT2D eigenvalue weighted by atomic mass is 9.85. The van der Waals surface area contributed by atoms with Gasteiger partial charge in [-0.05, 0) is 66.7 Å². The highest BCUT2D eigenvalue weighted by molar-refractivity contribution is 6.28. The molecule has 0 fully saturated rings. The second-order valence-corrected chi connectivity index (χ2v) is 9.06. The molecule has 1 heteroatoms. The molecule has 172 valence electrons. The number of hydrogen-bond donors (Lipinski definition) is 0. The van der Waals surface area contributed by atoms with E-state index in [1.165, 1.54) is 0 Å². The standard InChI is InChI=1S/C36H22O/c1-2-12-24(13-3-1)33-26-15-6-8-17-28(26)34(29-18-9-7-16-27(29)33)30-19-10-20-31-36(30)35-25-14-5-4-11-23(25)21-22-32(35)37-31/h1-22H/i6D,7D,8D,9D,15D,16D,17D,18D. The minimum Gasteiger partial charge on any atom is -0.456 e. The maximum absolute atomic E-state index is 9.23. The normalized spacial score (nSPS) is 14.8. The summed E-state index contributed by atoms with van der Waals surface area (Å²) in [6.07, 6.45) is 0. The predicted molar refractivity (Wildman–Crippen MR) is 157 cm³/mol. The molecule has 0 N–H and O–H groups in total. The number of benzene rings is 7. The minimum atomic E-state index is -0.428. The van der Waals surface area contributed by atoms with Crippen LogP contribution in [0.2, 0.25) is 0 Å². The first-order valence-corrected chi connectivity index (χ1v) is 12.1. The summed E-state index contributed by atoms with van der Waals surface area (Å²) in [5.41, 5.74) is 2.95. The summed E-state index contributed by atoms with van der Waals surface area (Å²) in [6, 6.07) is 23.4. The first-order chi connectivity index (χ1) is 21.7. The Bertz CT molecular complexity index is 2490. The molecular weight excluding hydrogens is 448 g/mol. The van der Waals surface area contributed by atoms with E-state index < -0.39 is 24.2 Å². The Hall–Kier alpha value is -4.88. The maximum Gasteiger partial charge on any atom is 0.136 e. The summed E-state index contributed by atoms with van der Waals surface area (Å²) in [7, 11) is 0. The first kappa shape index (κ1) is 14.0. The third-order valence-electron chi connectivity index (χ3n) is 7.09. The van der Waals surface area contributed by atoms with Gasteiger partial charge in [0, 0.05) is 10.8 Å². The summed E-state index contributed by atoms with van der Waals surface area (Å²) >= 11 is 0. The average molecular weight is 479 g/mol. The molecule has 0 radical (unpaired) electrons. The number of fused-ring (bicyclic) bond motifs is 7. The van der Waals surface area contributed by atoms with Crippen LogP contribution in [0, 0.1) is 0 Å². The van der Waals surface area contributed by atoms with E-state index in [0.29, 0.717) is 38.8 Å². The predicted octanol–water partition coefficient (Wildman–Crippen LogP) is 10.4. The van der Waals surface area contributed by atoms with Crippen LogP contribution in [0.4, 0.5) is 0 Å². The van der Waals surface area contributed by atoms with Crippen molar-refractivity contribution in [3.05, 3.63) is 133 Å². The van der Waals surface area contributed by atoms with Gasteiger partial charge in [-0.15, -0.1) is 0 Å². The molecule has 0 saturated heterocycles. The van der Waals surface area contributed by atoms with Crippen molar-refractivity contribution >= 4 is 54.3 Å². The number of hydrogen-bond acceptors (Lipinski definition) is 1. The molecule has 0 atom stereocenters. The van der Waals surface area contributed by atoms with E-state index in [2.05, 4.69) is 0 Å². The van der Waals surface area contributed by atoms with Gasteiger partial charge in [0.1, 0.15) is 11.2 Å². The van der Waals surface area contributed by atoms with Crippen molar-refractivity contribution < 1.29 is 15.4 Å². The van der Waals surface area contributed by atoms with Crippen molar-refractivity contribution in [2.24, 2.45) is 0 Å². The van der Waals surface area contributed by atoms with Crippen molar-refractivity contribution in [3.63, 3.8) is 0 Å². The summed E-state index contributed by atoms with van der Waals surface area (Å²) in [6.45, 7) is 0. The van der Waals surface area contributed by atoms with E-state index in [0.717, 1.165) is 16.2 Å². The Balaban J connectivity index is 1.75. The van der Waals surface area contributed by atoms with Gasteiger partial charge >= 0.3 is 0 Å². The van der Waals surface area contributed by atoms with Crippen LogP contribution in [0.15, 0.2) is 138 Å². The molecule has 8 aromatic rings. The third-order valence-corrected chi connectivity index (χ3v) is 7.09. The molecule has 0 bridgehead atoms. The monoisotopic (exact) mass is 478 g/mol. The Morgan fingerprint density at radius 2 is 1.08 bits per heavy atom. The molecule has 0 spiro atoms. The van der Waals surface area contributed by atoms with Crippen molar-refractivity contribution in [3.8, 4) is 22.3 Å². The zero-order valence-corrected chi connectivity index (χ0v) is 19.5. The van der Waals surface area contributed by atoms with Crippen LogP contribution in [0.25, 0.3) is 76.5 Å². The van der Waals surface area contributed by atoms with Gasteiger partial charge in [-0.3, -0.25) is 0 Å². The van der Waals surface area contributed by atoms with Gasteiger partial charge in [-0.2, -0.15) is 0 Å². The quantitative estimate of drug-likeness (QED) is 0.225. The van der Waals surface area contributed by atoms with E-state index in [1.54, 1.807) is 30.3 Å². The Morgan fingerprint density at radius 1 is 0.459 bits per heavy atom. The summed E-state index contributed by atoms with van der Waals surface area (Å²) < 4.78 is 77.7. The first-order valence-electron chi connectivity index (χ1n) is 16.1. The van der Waals surface area contributed by atoms with Gasteiger partial charge < -0.3 is 4.42 Å². The van der Waals surface area contributed by atoms with Gasteiger partial charge in [-0.1, -0.05) is 121 Å². The van der Waals surface area contributed by atoms with Gasteiger partial charge in [0.25, 0.3) is 0 Å². The maximum atomic E-state index is 9.23. The van der Waals surface area contributed by atoms with Crippen LogP contribution in [-0.4, -0.2) is 0 Å². The fourth-order valence-corrected chi connectivity index (χ4v) is 5.58. The second-order valence-electron chi connectivity index (χ2n) is 9.06. The molecule has 1 heterocycles. The molecule has 0 aliphatic heterocycles. The largest absolute Gasteiger partial charge is 0.456 e. The highest BCUT2D eigenvalue weighted by Crippen LogP contribution is 2.47. The molecule has 0 amide bonds. The molecule has 0 aliphatic rings. The fourth-order valence-electron chi connectivity index (χ4n) is 5.58. The SMILES string of the molecule is [2H]c1c([2H])c([2H])c2c(-c3cccc4oc5ccc6ccccc6c5c34)c3c([2H])c([2H])c([2H])c([2H])c3c(-c3ccccc3)c2c1[2H]. The second kappa shape index (κ2) is 7.81. The number of furan rings is 1. The van der Waals surface area contributed by atoms with Crippen molar-refractivity contribution in [2.45, 2.75) is 0 Å².